The number of carbonyl (C=O) groups excluding carboxylic acids is 1. The van der Waals surface area contributed by atoms with Crippen molar-refractivity contribution in [2.45, 2.75) is 53.7 Å². The maximum atomic E-state index is 11.7. The SMILES string of the molecule is CCn1c(-c2cccnc2[C@H](C)OC)c(CC(C)(C)C=O)c2nc(C)ccc21.COC. The van der Waals surface area contributed by atoms with Crippen molar-refractivity contribution < 1.29 is 14.3 Å². The fourth-order valence-electron chi connectivity index (χ4n) is 3.74. The standard InChI is InChI=1S/C23H29N3O2.C2H6O/c1-7-26-19-11-10-15(2)25-21(19)18(13-23(4,5)14-27)22(26)17-9-8-12-24-20(17)16(3)28-6;1-3-2/h8-12,14,16H,7,13H2,1-6H3;1-2H3/t16-;/m0./s1. The normalized spacial score (nSPS) is 12.4. The van der Waals surface area contributed by atoms with Crippen molar-refractivity contribution in [3.63, 3.8) is 0 Å². The Balaban J connectivity index is 0.00000107. The molecule has 3 rings (SSSR count). The number of aryl methyl sites for hydroxylation is 2. The molecular weight excluding hydrogens is 390 g/mol. The molecule has 0 fully saturated rings. The van der Waals surface area contributed by atoms with Gasteiger partial charge in [0.2, 0.25) is 0 Å². The second-order valence-electron chi connectivity index (χ2n) is 8.40. The Kier molecular flexibility index (Phi) is 8.48. The summed E-state index contributed by atoms with van der Waals surface area (Å²) in [6.45, 7) is 10.9. The number of fused-ring (bicyclic) bond motifs is 1. The fourth-order valence-corrected chi connectivity index (χ4v) is 3.74. The fraction of sp³-hybridized carbons (Fsp3) is 0.480. The minimum atomic E-state index is -0.484. The number of pyridine rings is 2. The van der Waals surface area contributed by atoms with E-state index in [1.165, 1.54) is 0 Å². The molecule has 1 atom stereocenters. The number of nitrogens with zero attached hydrogens (tertiary/aromatic N) is 3. The van der Waals surface area contributed by atoms with Gasteiger partial charge in [-0.15, -0.1) is 0 Å². The zero-order valence-corrected chi connectivity index (χ0v) is 20.0. The summed E-state index contributed by atoms with van der Waals surface area (Å²) in [5, 5.41) is 0. The van der Waals surface area contributed by atoms with E-state index in [4.69, 9.17) is 9.72 Å². The lowest BCUT2D eigenvalue weighted by Gasteiger charge is -2.20. The van der Waals surface area contributed by atoms with Crippen molar-refractivity contribution in [2.75, 3.05) is 21.3 Å². The third-order valence-corrected chi connectivity index (χ3v) is 5.25. The lowest BCUT2D eigenvalue weighted by atomic mass is 9.86. The second kappa shape index (κ2) is 10.6. The Bertz CT molecular complexity index is 1020. The first-order valence-electron chi connectivity index (χ1n) is 10.6. The van der Waals surface area contributed by atoms with Crippen molar-refractivity contribution >= 4 is 17.3 Å². The van der Waals surface area contributed by atoms with Crippen LogP contribution in [0.4, 0.5) is 0 Å². The van der Waals surface area contributed by atoms with E-state index in [-0.39, 0.29) is 6.10 Å². The van der Waals surface area contributed by atoms with Gasteiger partial charge in [-0.05, 0) is 51.5 Å². The van der Waals surface area contributed by atoms with E-state index in [1.807, 2.05) is 39.8 Å². The summed E-state index contributed by atoms with van der Waals surface area (Å²) in [7, 11) is 4.94. The average Bonchev–Trinajstić information content (AvgIpc) is 3.05. The van der Waals surface area contributed by atoms with E-state index >= 15 is 0 Å². The smallest absolute Gasteiger partial charge is 0.125 e. The molecule has 0 N–H and O–H groups in total. The van der Waals surface area contributed by atoms with Gasteiger partial charge in [-0.1, -0.05) is 13.8 Å². The zero-order valence-electron chi connectivity index (χ0n) is 20.0. The molecule has 3 aromatic rings. The quantitative estimate of drug-likeness (QED) is 0.489. The monoisotopic (exact) mass is 425 g/mol. The number of aldehydes is 1. The molecule has 0 saturated heterocycles. The van der Waals surface area contributed by atoms with Crippen molar-refractivity contribution in [3.8, 4) is 11.3 Å². The Morgan fingerprint density at radius 3 is 2.45 bits per heavy atom. The van der Waals surface area contributed by atoms with Crippen molar-refractivity contribution in [1.29, 1.82) is 0 Å². The molecular formula is C25H35N3O3. The van der Waals surface area contributed by atoms with Crippen LogP contribution in [0, 0.1) is 12.3 Å². The van der Waals surface area contributed by atoms with Gasteiger partial charge in [0.05, 0.1) is 28.5 Å². The third-order valence-electron chi connectivity index (χ3n) is 5.25. The molecule has 3 aromatic heterocycles. The van der Waals surface area contributed by atoms with Gasteiger partial charge in [0, 0.05) is 56.3 Å². The lowest BCUT2D eigenvalue weighted by Crippen LogP contribution is -2.17. The molecule has 0 radical (unpaired) electrons. The first-order valence-corrected chi connectivity index (χ1v) is 10.6. The molecule has 6 nitrogen and oxygen atoms in total. The van der Waals surface area contributed by atoms with Crippen LogP contribution >= 0.6 is 0 Å². The summed E-state index contributed by atoms with van der Waals surface area (Å²) in [5.41, 5.74) is 6.63. The highest BCUT2D eigenvalue weighted by molar-refractivity contribution is 5.90. The number of methoxy groups -OCH3 is 2. The molecule has 6 heteroatoms. The van der Waals surface area contributed by atoms with Gasteiger partial charge < -0.3 is 18.8 Å². The topological polar surface area (TPSA) is 66.2 Å². The molecule has 0 aliphatic heterocycles. The molecule has 3 heterocycles. The van der Waals surface area contributed by atoms with Gasteiger partial charge in [0.15, 0.2) is 0 Å². The predicted molar refractivity (Wildman–Crippen MR) is 125 cm³/mol. The van der Waals surface area contributed by atoms with Crippen LogP contribution in [0.15, 0.2) is 30.5 Å². The summed E-state index contributed by atoms with van der Waals surface area (Å²) in [6, 6.07) is 8.20. The molecule has 168 valence electrons. The highest BCUT2D eigenvalue weighted by Crippen LogP contribution is 2.39. The van der Waals surface area contributed by atoms with Crippen LogP contribution in [-0.2, 0) is 27.2 Å². The van der Waals surface area contributed by atoms with Crippen LogP contribution in [0.5, 0.6) is 0 Å². The summed E-state index contributed by atoms with van der Waals surface area (Å²) >= 11 is 0. The van der Waals surface area contributed by atoms with Crippen molar-refractivity contribution in [3.05, 3.63) is 47.4 Å². The van der Waals surface area contributed by atoms with Crippen LogP contribution in [0.3, 0.4) is 0 Å². The number of hydrogen-bond donors (Lipinski definition) is 0. The van der Waals surface area contributed by atoms with E-state index < -0.39 is 5.41 Å². The average molecular weight is 426 g/mol. The highest BCUT2D eigenvalue weighted by atomic mass is 16.5. The Hall–Kier alpha value is -2.57. The lowest BCUT2D eigenvalue weighted by molar-refractivity contribution is -0.114. The van der Waals surface area contributed by atoms with Crippen LogP contribution in [-0.4, -0.2) is 42.2 Å². The van der Waals surface area contributed by atoms with Crippen LogP contribution in [0.1, 0.15) is 50.8 Å². The molecule has 0 spiro atoms. The van der Waals surface area contributed by atoms with E-state index in [2.05, 4.69) is 33.3 Å². The van der Waals surface area contributed by atoms with Gasteiger partial charge >= 0.3 is 0 Å². The largest absolute Gasteiger partial charge is 0.388 e. The molecule has 0 aliphatic rings. The van der Waals surface area contributed by atoms with E-state index in [1.54, 1.807) is 27.5 Å². The van der Waals surface area contributed by atoms with Crippen LogP contribution in [0.25, 0.3) is 22.3 Å². The number of rotatable bonds is 7. The number of ether oxygens (including phenoxy) is 2. The number of hydrogen-bond acceptors (Lipinski definition) is 5. The predicted octanol–water partition coefficient (Wildman–Crippen LogP) is 5.16. The number of carbonyl (C=O) groups is 1. The number of aromatic nitrogens is 3. The Morgan fingerprint density at radius 2 is 1.87 bits per heavy atom. The van der Waals surface area contributed by atoms with Gasteiger partial charge in [-0.2, -0.15) is 0 Å². The van der Waals surface area contributed by atoms with E-state index in [0.717, 1.165) is 52.1 Å². The molecule has 0 bridgehead atoms. The van der Waals surface area contributed by atoms with Gasteiger partial charge in [-0.3, -0.25) is 9.97 Å². The molecule has 0 saturated carbocycles. The molecule has 0 unspecified atom stereocenters. The Labute approximate surface area is 185 Å². The van der Waals surface area contributed by atoms with Gasteiger partial charge in [0.1, 0.15) is 6.29 Å². The molecule has 0 aromatic carbocycles. The van der Waals surface area contributed by atoms with Gasteiger partial charge in [0.25, 0.3) is 0 Å². The zero-order chi connectivity index (χ0) is 23.2. The maximum Gasteiger partial charge on any atom is 0.125 e. The first-order chi connectivity index (χ1) is 14.7. The Morgan fingerprint density at radius 1 is 1.19 bits per heavy atom. The van der Waals surface area contributed by atoms with E-state index in [9.17, 15) is 4.79 Å². The minimum Gasteiger partial charge on any atom is -0.388 e. The van der Waals surface area contributed by atoms with Gasteiger partial charge in [-0.25, -0.2) is 0 Å². The van der Waals surface area contributed by atoms with Crippen molar-refractivity contribution in [2.24, 2.45) is 5.41 Å². The highest BCUT2D eigenvalue weighted by Gasteiger charge is 2.28. The summed E-state index contributed by atoms with van der Waals surface area (Å²) in [6.07, 6.45) is 3.30. The van der Waals surface area contributed by atoms with E-state index in [0.29, 0.717) is 6.42 Å². The molecule has 0 aliphatic carbocycles. The van der Waals surface area contributed by atoms with Crippen LogP contribution in [0.2, 0.25) is 0 Å². The van der Waals surface area contributed by atoms with Crippen LogP contribution < -0.4 is 0 Å². The molecule has 0 amide bonds. The maximum absolute atomic E-state index is 11.7. The second-order valence-corrected chi connectivity index (χ2v) is 8.40. The summed E-state index contributed by atoms with van der Waals surface area (Å²) in [5.74, 6) is 0. The van der Waals surface area contributed by atoms with Crippen molar-refractivity contribution in [1.82, 2.24) is 14.5 Å². The summed E-state index contributed by atoms with van der Waals surface area (Å²) < 4.78 is 12.1. The summed E-state index contributed by atoms with van der Waals surface area (Å²) in [4.78, 5) is 21.2. The first kappa shape index (κ1) is 24.7. The third kappa shape index (κ3) is 5.38. The minimum absolute atomic E-state index is 0.138. The molecule has 31 heavy (non-hydrogen) atoms.